The van der Waals surface area contributed by atoms with Crippen molar-refractivity contribution in [1.29, 1.82) is 0 Å². The summed E-state index contributed by atoms with van der Waals surface area (Å²) < 4.78 is 4.59. The highest BCUT2D eigenvalue weighted by Crippen LogP contribution is 2.29. The van der Waals surface area contributed by atoms with Crippen molar-refractivity contribution in [1.82, 2.24) is 19.1 Å². The lowest BCUT2D eigenvalue weighted by Gasteiger charge is -2.22. The van der Waals surface area contributed by atoms with Crippen molar-refractivity contribution in [3.8, 4) is 0 Å². The molecule has 0 saturated carbocycles. The van der Waals surface area contributed by atoms with E-state index in [9.17, 15) is 0 Å². The van der Waals surface area contributed by atoms with Gasteiger partial charge in [-0.2, -0.15) is 0 Å². The van der Waals surface area contributed by atoms with E-state index in [1.54, 1.807) is 0 Å². The number of fused-ring (bicyclic) bond motifs is 2. The lowest BCUT2D eigenvalue weighted by Crippen LogP contribution is -2.13. The van der Waals surface area contributed by atoms with Gasteiger partial charge in [0.15, 0.2) is 0 Å². The van der Waals surface area contributed by atoms with Gasteiger partial charge in [-0.3, -0.25) is 0 Å². The average Bonchev–Trinajstić information content (AvgIpc) is 3.44. The van der Waals surface area contributed by atoms with Crippen molar-refractivity contribution < 1.29 is 0 Å². The highest BCUT2D eigenvalue weighted by molar-refractivity contribution is 5.76. The van der Waals surface area contributed by atoms with Crippen molar-refractivity contribution in [3.05, 3.63) is 95.1 Å². The SMILES string of the molecule is CCc1cc(CC)c(Cn2cnc3ccccc32)c(CC)c1Cn1cnc2ccccc21. The van der Waals surface area contributed by atoms with Crippen LogP contribution in [-0.4, -0.2) is 19.1 Å². The molecule has 0 amide bonds. The molecule has 0 saturated heterocycles. The van der Waals surface area contributed by atoms with Gasteiger partial charge in [-0.25, -0.2) is 9.97 Å². The Bertz CT molecular complexity index is 1290. The Hall–Kier alpha value is -3.40. The second-order valence-electron chi connectivity index (χ2n) is 8.41. The van der Waals surface area contributed by atoms with Crippen molar-refractivity contribution in [3.63, 3.8) is 0 Å². The molecular formula is C28H30N4. The van der Waals surface area contributed by atoms with Crippen LogP contribution in [0.5, 0.6) is 0 Å². The molecule has 0 spiro atoms. The fourth-order valence-corrected chi connectivity index (χ4v) is 5.02. The summed E-state index contributed by atoms with van der Waals surface area (Å²) in [4.78, 5) is 9.26. The number of para-hydroxylation sites is 4. The van der Waals surface area contributed by atoms with Crippen LogP contribution >= 0.6 is 0 Å². The van der Waals surface area contributed by atoms with Gasteiger partial charge in [0.2, 0.25) is 0 Å². The molecule has 4 heteroatoms. The monoisotopic (exact) mass is 422 g/mol. The number of rotatable bonds is 7. The van der Waals surface area contributed by atoms with Crippen LogP contribution in [0, 0.1) is 0 Å². The summed E-state index contributed by atoms with van der Waals surface area (Å²) in [5.74, 6) is 0. The number of aryl methyl sites for hydroxylation is 2. The lowest BCUT2D eigenvalue weighted by atomic mass is 9.87. The molecule has 2 heterocycles. The molecule has 0 radical (unpaired) electrons. The molecule has 0 atom stereocenters. The van der Waals surface area contributed by atoms with E-state index in [0.29, 0.717) is 0 Å². The molecule has 0 fully saturated rings. The van der Waals surface area contributed by atoms with Crippen molar-refractivity contribution >= 4 is 22.1 Å². The molecule has 3 aromatic carbocycles. The van der Waals surface area contributed by atoms with Crippen LogP contribution in [0.25, 0.3) is 22.1 Å². The van der Waals surface area contributed by atoms with Crippen LogP contribution < -0.4 is 0 Å². The van der Waals surface area contributed by atoms with Crippen LogP contribution in [0.3, 0.4) is 0 Å². The zero-order valence-corrected chi connectivity index (χ0v) is 19.2. The van der Waals surface area contributed by atoms with Crippen LogP contribution in [0.1, 0.15) is 48.6 Å². The van der Waals surface area contributed by atoms with Crippen LogP contribution in [0.15, 0.2) is 67.3 Å². The first-order valence-electron chi connectivity index (χ1n) is 11.7. The highest BCUT2D eigenvalue weighted by Gasteiger charge is 2.18. The molecule has 4 nitrogen and oxygen atoms in total. The van der Waals surface area contributed by atoms with Gasteiger partial charge in [0.05, 0.1) is 34.7 Å². The topological polar surface area (TPSA) is 35.6 Å². The third-order valence-corrected chi connectivity index (χ3v) is 6.68. The number of imidazole rings is 2. The zero-order chi connectivity index (χ0) is 22.1. The Kier molecular flexibility index (Phi) is 5.52. The Morgan fingerprint density at radius 1 is 0.594 bits per heavy atom. The minimum absolute atomic E-state index is 0.856. The van der Waals surface area contributed by atoms with Crippen LogP contribution in [-0.2, 0) is 32.4 Å². The second-order valence-corrected chi connectivity index (χ2v) is 8.41. The van der Waals surface area contributed by atoms with E-state index in [1.807, 2.05) is 12.7 Å². The van der Waals surface area contributed by atoms with Gasteiger partial charge in [-0.05, 0) is 71.3 Å². The van der Waals surface area contributed by atoms with E-state index in [4.69, 9.17) is 0 Å². The summed E-state index contributed by atoms with van der Waals surface area (Å²) >= 11 is 0. The van der Waals surface area contributed by atoms with Gasteiger partial charge in [0, 0.05) is 13.1 Å². The van der Waals surface area contributed by atoms with Gasteiger partial charge in [-0.15, -0.1) is 0 Å². The fraction of sp³-hybridized carbons (Fsp3) is 0.286. The third-order valence-electron chi connectivity index (χ3n) is 6.68. The largest absolute Gasteiger partial charge is 0.326 e. The third kappa shape index (κ3) is 3.50. The average molecular weight is 423 g/mol. The summed E-state index contributed by atoms with van der Waals surface area (Å²) in [6.07, 6.45) is 7.07. The number of aromatic nitrogens is 4. The molecule has 0 aliphatic carbocycles. The van der Waals surface area contributed by atoms with Gasteiger partial charge in [0.1, 0.15) is 0 Å². The standard InChI is InChI=1S/C28H30N4/c1-4-20-15-21(5-2)24(17-32-19-30-26-12-8-10-14-28(26)32)22(6-3)23(20)16-31-18-29-25-11-7-9-13-27(25)31/h7-15,18-19H,4-6,16-17H2,1-3H3. The van der Waals surface area contributed by atoms with Crippen LogP contribution in [0.4, 0.5) is 0 Å². The summed E-state index contributed by atoms with van der Waals surface area (Å²) in [5, 5.41) is 0. The molecule has 5 rings (SSSR count). The first-order chi connectivity index (χ1) is 15.7. The van der Waals surface area contributed by atoms with E-state index in [2.05, 4.69) is 94.5 Å². The maximum absolute atomic E-state index is 4.63. The first-order valence-corrected chi connectivity index (χ1v) is 11.7. The van der Waals surface area contributed by atoms with Gasteiger partial charge < -0.3 is 9.13 Å². The maximum atomic E-state index is 4.63. The first kappa shape index (κ1) is 20.5. The summed E-state index contributed by atoms with van der Waals surface area (Å²) in [6.45, 7) is 8.54. The van der Waals surface area contributed by atoms with Crippen molar-refractivity contribution in [2.24, 2.45) is 0 Å². The highest BCUT2D eigenvalue weighted by atomic mass is 15.0. The zero-order valence-electron chi connectivity index (χ0n) is 19.2. The van der Waals surface area contributed by atoms with E-state index >= 15 is 0 Å². The summed E-state index contributed by atoms with van der Waals surface area (Å²) in [5.41, 5.74) is 11.8. The molecular weight excluding hydrogens is 392 g/mol. The Morgan fingerprint density at radius 3 is 1.50 bits per heavy atom. The van der Waals surface area contributed by atoms with Gasteiger partial charge >= 0.3 is 0 Å². The van der Waals surface area contributed by atoms with Crippen molar-refractivity contribution in [2.75, 3.05) is 0 Å². The number of benzene rings is 3. The lowest BCUT2D eigenvalue weighted by molar-refractivity contribution is 0.762. The molecule has 162 valence electrons. The molecule has 32 heavy (non-hydrogen) atoms. The van der Waals surface area contributed by atoms with Gasteiger partial charge in [-0.1, -0.05) is 51.1 Å². The molecule has 2 aromatic heterocycles. The quantitative estimate of drug-likeness (QED) is 0.314. The predicted molar refractivity (Wildman–Crippen MR) is 132 cm³/mol. The van der Waals surface area contributed by atoms with Crippen molar-refractivity contribution in [2.45, 2.75) is 53.1 Å². The summed E-state index contributed by atoms with van der Waals surface area (Å²) in [6, 6.07) is 19.2. The molecule has 0 aliphatic heterocycles. The van der Waals surface area contributed by atoms with Crippen LogP contribution in [0.2, 0.25) is 0 Å². The van der Waals surface area contributed by atoms with E-state index in [0.717, 1.165) is 43.4 Å². The summed E-state index contributed by atoms with van der Waals surface area (Å²) in [7, 11) is 0. The second kappa shape index (κ2) is 8.62. The molecule has 0 aliphatic rings. The molecule has 0 bridgehead atoms. The molecule has 0 N–H and O–H groups in total. The predicted octanol–water partition coefficient (Wildman–Crippen LogP) is 6.17. The maximum Gasteiger partial charge on any atom is 0.0961 e. The minimum Gasteiger partial charge on any atom is -0.326 e. The van der Waals surface area contributed by atoms with Gasteiger partial charge in [0.25, 0.3) is 0 Å². The molecule has 0 unspecified atom stereocenters. The Balaban J connectivity index is 1.64. The van der Waals surface area contributed by atoms with E-state index < -0.39 is 0 Å². The van der Waals surface area contributed by atoms with E-state index in [1.165, 1.54) is 38.9 Å². The Morgan fingerprint density at radius 2 is 1.06 bits per heavy atom. The fourth-order valence-electron chi connectivity index (χ4n) is 5.02. The van der Waals surface area contributed by atoms with E-state index in [-0.39, 0.29) is 0 Å². The Labute approximate surface area is 189 Å². The number of nitrogens with zero attached hydrogens (tertiary/aromatic N) is 4. The smallest absolute Gasteiger partial charge is 0.0961 e. The normalized spacial score (nSPS) is 11.6. The number of hydrogen-bond acceptors (Lipinski definition) is 2. The number of hydrogen-bond donors (Lipinski definition) is 0. The minimum atomic E-state index is 0.856. The molecule has 5 aromatic rings.